The smallest absolute Gasteiger partial charge is 0.258 e. The molecular formula is C21H22N2O4. The van der Waals surface area contributed by atoms with Gasteiger partial charge >= 0.3 is 0 Å². The highest BCUT2D eigenvalue weighted by atomic mass is 16.5. The fraction of sp³-hybridized carbons (Fsp3) is 0.286. The molecular weight excluding hydrogens is 344 g/mol. The van der Waals surface area contributed by atoms with Crippen LogP contribution in [0.1, 0.15) is 23.2 Å². The van der Waals surface area contributed by atoms with Gasteiger partial charge in [-0.15, -0.1) is 0 Å². The Bertz CT molecular complexity index is 808. The summed E-state index contributed by atoms with van der Waals surface area (Å²) in [6.07, 6.45) is 0.757. The fourth-order valence-corrected chi connectivity index (χ4v) is 3.02. The second kappa shape index (κ2) is 8.49. The van der Waals surface area contributed by atoms with Crippen molar-refractivity contribution < 1.29 is 19.1 Å². The first-order valence-electron chi connectivity index (χ1n) is 8.89. The summed E-state index contributed by atoms with van der Waals surface area (Å²) in [6, 6.07) is 15.9. The lowest BCUT2D eigenvalue weighted by atomic mass is 10.1. The van der Waals surface area contributed by atoms with Crippen LogP contribution < -0.4 is 9.64 Å². The van der Waals surface area contributed by atoms with E-state index in [1.54, 1.807) is 48.4 Å². The third kappa shape index (κ3) is 4.53. The Morgan fingerprint density at radius 2 is 1.63 bits per heavy atom. The van der Waals surface area contributed by atoms with E-state index in [-0.39, 0.29) is 24.1 Å². The molecule has 0 atom stereocenters. The number of methoxy groups -OCH3 is 1. The molecule has 1 aliphatic rings. The van der Waals surface area contributed by atoms with Crippen molar-refractivity contribution in [3.63, 3.8) is 0 Å². The van der Waals surface area contributed by atoms with E-state index in [0.29, 0.717) is 42.9 Å². The number of para-hydroxylation sites is 1. The monoisotopic (exact) mass is 366 g/mol. The van der Waals surface area contributed by atoms with E-state index in [1.165, 1.54) is 4.90 Å². The Morgan fingerprint density at radius 1 is 1.00 bits per heavy atom. The predicted octanol–water partition coefficient (Wildman–Crippen LogP) is 2.53. The molecule has 1 heterocycles. The number of carbonyl (C=O) groups excluding carboxylic acids is 3. The number of ketones is 1. The van der Waals surface area contributed by atoms with Crippen molar-refractivity contribution in [2.24, 2.45) is 0 Å². The van der Waals surface area contributed by atoms with Gasteiger partial charge in [-0.3, -0.25) is 19.3 Å². The molecule has 1 aliphatic heterocycles. The van der Waals surface area contributed by atoms with Crippen LogP contribution in [0, 0.1) is 0 Å². The normalized spacial score (nSPS) is 14.0. The first kappa shape index (κ1) is 18.6. The van der Waals surface area contributed by atoms with Crippen LogP contribution in [0.2, 0.25) is 0 Å². The molecule has 6 heteroatoms. The van der Waals surface area contributed by atoms with Crippen molar-refractivity contribution in [3.8, 4) is 5.75 Å². The van der Waals surface area contributed by atoms with Crippen molar-refractivity contribution in [2.75, 3.05) is 31.6 Å². The Hall–Kier alpha value is -3.15. The van der Waals surface area contributed by atoms with Gasteiger partial charge in [-0.1, -0.05) is 18.2 Å². The summed E-state index contributed by atoms with van der Waals surface area (Å²) >= 11 is 0. The number of nitrogens with zero attached hydrogens (tertiary/aromatic N) is 2. The quantitative estimate of drug-likeness (QED) is 0.816. The number of carbonyl (C=O) groups is 3. The molecule has 0 saturated carbocycles. The standard InChI is InChI=1S/C21H22N2O4/c1-27-19-9-7-16(8-10-19)21(26)23(17-5-3-2-4-6-17)15-20(25)22-13-11-18(24)12-14-22/h2-10H,11-15H2,1H3. The molecule has 2 aromatic rings. The van der Waals surface area contributed by atoms with Gasteiger partial charge in [0, 0.05) is 37.2 Å². The van der Waals surface area contributed by atoms with E-state index in [9.17, 15) is 14.4 Å². The fourth-order valence-electron chi connectivity index (χ4n) is 3.02. The van der Waals surface area contributed by atoms with E-state index in [0.717, 1.165) is 0 Å². The lowest BCUT2D eigenvalue weighted by molar-refractivity contribution is -0.133. The number of rotatable bonds is 5. The van der Waals surface area contributed by atoms with E-state index in [1.807, 2.05) is 18.2 Å². The van der Waals surface area contributed by atoms with Crippen LogP contribution in [-0.4, -0.2) is 49.2 Å². The predicted molar refractivity (Wildman–Crippen MR) is 102 cm³/mol. The van der Waals surface area contributed by atoms with Crippen LogP contribution >= 0.6 is 0 Å². The van der Waals surface area contributed by atoms with E-state index in [4.69, 9.17) is 4.74 Å². The molecule has 0 unspecified atom stereocenters. The van der Waals surface area contributed by atoms with Crippen LogP contribution in [-0.2, 0) is 9.59 Å². The number of hydrogen-bond donors (Lipinski definition) is 0. The zero-order valence-corrected chi connectivity index (χ0v) is 15.3. The summed E-state index contributed by atoms with van der Waals surface area (Å²) in [5.74, 6) is 0.415. The van der Waals surface area contributed by atoms with Crippen molar-refractivity contribution in [1.82, 2.24) is 4.90 Å². The summed E-state index contributed by atoms with van der Waals surface area (Å²) in [7, 11) is 1.56. The van der Waals surface area contributed by atoms with E-state index < -0.39 is 0 Å². The Balaban J connectivity index is 1.81. The number of amides is 2. The summed E-state index contributed by atoms with van der Waals surface area (Å²) in [5.41, 5.74) is 1.13. The summed E-state index contributed by atoms with van der Waals surface area (Å²) in [5, 5.41) is 0. The van der Waals surface area contributed by atoms with Crippen molar-refractivity contribution >= 4 is 23.3 Å². The van der Waals surface area contributed by atoms with Crippen LogP contribution in [0.5, 0.6) is 5.75 Å². The van der Waals surface area contributed by atoms with Crippen LogP contribution in [0.25, 0.3) is 0 Å². The topological polar surface area (TPSA) is 66.9 Å². The second-order valence-electron chi connectivity index (χ2n) is 6.37. The molecule has 27 heavy (non-hydrogen) atoms. The van der Waals surface area contributed by atoms with Gasteiger partial charge in [0.15, 0.2) is 0 Å². The maximum Gasteiger partial charge on any atom is 0.258 e. The molecule has 0 aromatic heterocycles. The van der Waals surface area contributed by atoms with Gasteiger partial charge in [0.2, 0.25) is 5.91 Å². The maximum absolute atomic E-state index is 13.1. The van der Waals surface area contributed by atoms with Gasteiger partial charge in [-0.2, -0.15) is 0 Å². The molecule has 0 radical (unpaired) electrons. The Kier molecular flexibility index (Phi) is 5.86. The second-order valence-corrected chi connectivity index (χ2v) is 6.37. The highest BCUT2D eigenvalue weighted by Crippen LogP contribution is 2.19. The zero-order valence-electron chi connectivity index (χ0n) is 15.3. The van der Waals surface area contributed by atoms with Gasteiger partial charge in [0.05, 0.1) is 7.11 Å². The molecule has 0 aliphatic carbocycles. The highest BCUT2D eigenvalue weighted by Gasteiger charge is 2.26. The summed E-state index contributed by atoms with van der Waals surface area (Å²) in [4.78, 5) is 40.3. The molecule has 3 rings (SSSR count). The van der Waals surface area contributed by atoms with Gasteiger partial charge < -0.3 is 9.64 Å². The van der Waals surface area contributed by atoms with Crippen LogP contribution in [0.4, 0.5) is 5.69 Å². The SMILES string of the molecule is COc1ccc(C(=O)N(CC(=O)N2CCC(=O)CC2)c2ccccc2)cc1. The van der Waals surface area contributed by atoms with Crippen LogP contribution in [0.3, 0.4) is 0 Å². The highest BCUT2D eigenvalue weighted by molar-refractivity contribution is 6.08. The van der Waals surface area contributed by atoms with Gasteiger partial charge in [-0.25, -0.2) is 0 Å². The van der Waals surface area contributed by atoms with Crippen molar-refractivity contribution in [1.29, 1.82) is 0 Å². The minimum absolute atomic E-state index is 0.0664. The number of likely N-dealkylation sites (tertiary alicyclic amines) is 1. The molecule has 2 aromatic carbocycles. The van der Waals surface area contributed by atoms with Gasteiger partial charge in [0.1, 0.15) is 18.1 Å². The average Bonchev–Trinajstić information content (AvgIpc) is 2.72. The molecule has 0 bridgehead atoms. The first-order valence-corrected chi connectivity index (χ1v) is 8.89. The third-order valence-electron chi connectivity index (χ3n) is 4.62. The molecule has 0 spiro atoms. The molecule has 2 amide bonds. The number of hydrogen-bond acceptors (Lipinski definition) is 4. The minimum Gasteiger partial charge on any atom is -0.497 e. The molecule has 1 fully saturated rings. The van der Waals surface area contributed by atoms with Crippen molar-refractivity contribution in [3.05, 3.63) is 60.2 Å². The first-order chi connectivity index (χ1) is 13.1. The molecule has 1 saturated heterocycles. The van der Waals surface area contributed by atoms with E-state index >= 15 is 0 Å². The minimum atomic E-state index is -0.259. The zero-order chi connectivity index (χ0) is 19.2. The molecule has 140 valence electrons. The Morgan fingerprint density at radius 3 is 2.22 bits per heavy atom. The van der Waals surface area contributed by atoms with Crippen LogP contribution in [0.15, 0.2) is 54.6 Å². The summed E-state index contributed by atoms with van der Waals surface area (Å²) < 4.78 is 5.13. The molecule has 6 nitrogen and oxygen atoms in total. The number of Topliss-reactive ketones (excluding diaryl/α,β-unsaturated/α-hetero) is 1. The van der Waals surface area contributed by atoms with Crippen molar-refractivity contribution in [2.45, 2.75) is 12.8 Å². The third-order valence-corrected chi connectivity index (χ3v) is 4.62. The average molecular weight is 366 g/mol. The number of anilines is 1. The molecule has 0 N–H and O–H groups in total. The maximum atomic E-state index is 13.1. The largest absolute Gasteiger partial charge is 0.497 e. The number of ether oxygens (including phenoxy) is 1. The van der Waals surface area contributed by atoms with Gasteiger partial charge in [0.25, 0.3) is 5.91 Å². The lowest BCUT2D eigenvalue weighted by Gasteiger charge is -2.29. The van der Waals surface area contributed by atoms with Gasteiger partial charge in [-0.05, 0) is 36.4 Å². The number of benzene rings is 2. The summed E-state index contributed by atoms with van der Waals surface area (Å²) in [6.45, 7) is 0.761. The number of piperidine rings is 1. The van der Waals surface area contributed by atoms with E-state index in [2.05, 4.69) is 0 Å². The lowest BCUT2D eigenvalue weighted by Crippen LogP contribution is -2.46. The Labute approximate surface area is 158 Å².